The van der Waals surface area contributed by atoms with E-state index in [1.165, 1.54) is 5.56 Å². The van der Waals surface area contributed by atoms with Crippen molar-refractivity contribution in [1.82, 2.24) is 9.55 Å². The van der Waals surface area contributed by atoms with Gasteiger partial charge in [-0.1, -0.05) is 49.9 Å². The fourth-order valence-electron chi connectivity index (χ4n) is 4.11. The van der Waals surface area contributed by atoms with E-state index in [0.29, 0.717) is 0 Å². The second-order valence-electron chi connectivity index (χ2n) is 6.60. The van der Waals surface area contributed by atoms with E-state index >= 15 is 0 Å². The lowest BCUT2D eigenvalue weighted by molar-refractivity contribution is 0.375. The summed E-state index contributed by atoms with van der Waals surface area (Å²) in [6.45, 7) is 5.23. The smallest absolute Gasteiger partial charge is 0.258 e. The first-order valence-corrected chi connectivity index (χ1v) is 9.55. The van der Waals surface area contributed by atoms with Crippen LogP contribution in [0.5, 0.6) is 0 Å². The van der Waals surface area contributed by atoms with E-state index in [9.17, 15) is 4.79 Å². The van der Waals surface area contributed by atoms with Crippen LogP contribution in [0.25, 0.3) is 11.3 Å². The minimum Gasteiger partial charge on any atom is -0.287 e. The summed E-state index contributed by atoms with van der Waals surface area (Å²) in [5.41, 5.74) is 4.54. The Hall–Kier alpha value is -1.55. The van der Waals surface area contributed by atoms with Crippen molar-refractivity contribution >= 4 is 11.8 Å². The van der Waals surface area contributed by atoms with Crippen LogP contribution in [0, 0.1) is 0 Å². The molecular weight excluding hydrogens is 304 g/mol. The molecule has 0 atom stereocenters. The third-order valence-corrected chi connectivity index (χ3v) is 6.64. The van der Waals surface area contributed by atoms with E-state index in [-0.39, 0.29) is 11.0 Å². The van der Waals surface area contributed by atoms with Crippen molar-refractivity contribution in [2.24, 2.45) is 0 Å². The average Bonchev–Trinajstić information content (AvgIpc) is 2.61. The zero-order chi connectivity index (χ0) is 16.0. The minimum atomic E-state index is -0.0715. The number of thioether (sulfide) groups is 1. The first-order valence-electron chi connectivity index (χ1n) is 8.56. The average molecular weight is 326 g/mol. The van der Waals surface area contributed by atoms with Crippen LogP contribution in [0.1, 0.15) is 44.2 Å². The van der Waals surface area contributed by atoms with Crippen molar-refractivity contribution in [1.29, 1.82) is 0 Å². The molecule has 3 nitrogen and oxygen atoms in total. The van der Waals surface area contributed by atoms with E-state index in [1.54, 1.807) is 11.8 Å². The van der Waals surface area contributed by atoms with Gasteiger partial charge in [-0.15, -0.1) is 0 Å². The number of fused-ring (bicyclic) bond motifs is 4. The molecule has 4 heteroatoms. The van der Waals surface area contributed by atoms with Crippen LogP contribution in [0.3, 0.4) is 0 Å². The lowest BCUT2D eigenvalue weighted by Crippen LogP contribution is -2.42. The molecule has 120 valence electrons. The van der Waals surface area contributed by atoms with Crippen molar-refractivity contribution in [2.45, 2.75) is 56.6 Å². The Bertz CT molecular complexity index is 821. The van der Waals surface area contributed by atoms with E-state index in [1.807, 2.05) is 4.57 Å². The summed E-state index contributed by atoms with van der Waals surface area (Å²) in [6, 6.07) is 8.48. The second kappa shape index (κ2) is 5.52. The quantitative estimate of drug-likeness (QED) is 0.782. The molecule has 0 spiro atoms. The van der Waals surface area contributed by atoms with Gasteiger partial charge in [-0.05, 0) is 31.2 Å². The Balaban J connectivity index is 2.09. The molecule has 0 saturated carbocycles. The summed E-state index contributed by atoms with van der Waals surface area (Å²) >= 11 is 1.72. The van der Waals surface area contributed by atoms with Crippen LogP contribution in [-0.4, -0.2) is 15.3 Å². The van der Waals surface area contributed by atoms with Gasteiger partial charge in [0, 0.05) is 23.3 Å². The molecule has 23 heavy (non-hydrogen) atoms. The molecule has 1 aliphatic carbocycles. The van der Waals surface area contributed by atoms with E-state index in [0.717, 1.165) is 60.0 Å². The highest BCUT2D eigenvalue weighted by Crippen LogP contribution is 2.45. The molecule has 0 bridgehead atoms. The monoisotopic (exact) mass is 326 g/mol. The predicted octanol–water partition coefficient (Wildman–Crippen LogP) is 4.02. The van der Waals surface area contributed by atoms with Crippen molar-refractivity contribution in [3.05, 3.63) is 45.7 Å². The van der Waals surface area contributed by atoms with Crippen LogP contribution < -0.4 is 5.56 Å². The maximum atomic E-state index is 13.3. The van der Waals surface area contributed by atoms with E-state index in [2.05, 4.69) is 38.1 Å². The predicted molar refractivity (Wildman–Crippen MR) is 95.2 cm³/mol. The van der Waals surface area contributed by atoms with Crippen LogP contribution >= 0.6 is 11.8 Å². The third kappa shape index (κ3) is 2.11. The van der Waals surface area contributed by atoms with Gasteiger partial charge in [0.15, 0.2) is 5.16 Å². The maximum absolute atomic E-state index is 13.3. The SMILES string of the molecule is CCC1(CC)Cc2ccccc2-c2nc3n(c(=O)c21)CCCS3. The standard InChI is InChI=1S/C19H22N2OS/c1-3-19(4-2)12-13-8-5-6-9-14(13)16-15(19)17(22)21-10-7-11-23-18(21)20-16/h5-6,8-9H,3-4,7,10-12H2,1-2H3. The molecule has 2 aromatic rings. The van der Waals surface area contributed by atoms with Gasteiger partial charge < -0.3 is 0 Å². The van der Waals surface area contributed by atoms with Crippen molar-refractivity contribution < 1.29 is 0 Å². The molecule has 2 aliphatic rings. The summed E-state index contributed by atoms with van der Waals surface area (Å²) < 4.78 is 1.92. The minimum absolute atomic E-state index is 0.0715. The molecule has 2 heterocycles. The largest absolute Gasteiger partial charge is 0.287 e. The number of aromatic nitrogens is 2. The maximum Gasteiger partial charge on any atom is 0.258 e. The number of benzene rings is 1. The van der Waals surface area contributed by atoms with Crippen LogP contribution in [0.2, 0.25) is 0 Å². The number of hydrogen-bond acceptors (Lipinski definition) is 3. The van der Waals surface area contributed by atoms with Crippen molar-refractivity contribution in [3.63, 3.8) is 0 Å². The van der Waals surface area contributed by atoms with Gasteiger partial charge in [-0.25, -0.2) is 4.98 Å². The summed E-state index contributed by atoms with van der Waals surface area (Å²) in [5, 5.41) is 0.901. The fraction of sp³-hybridized carbons (Fsp3) is 0.474. The first kappa shape index (κ1) is 15.0. The second-order valence-corrected chi connectivity index (χ2v) is 7.66. The molecule has 0 radical (unpaired) electrons. The zero-order valence-electron chi connectivity index (χ0n) is 13.8. The molecule has 0 amide bonds. The number of rotatable bonds is 2. The topological polar surface area (TPSA) is 34.9 Å². The molecule has 0 saturated heterocycles. The summed E-state index contributed by atoms with van der Waals surface area (Å²) in [5.74, 6) is 1.06. The highest BCUT2D eigenvalue weighted by molar-refractivity contribution is 7.99. The Morgan fingerprint density at radius 1 is 1.26 bits per heavy atom. The summed E-state index contributed by atoms with van der Waals surface area (Å²) in [7, 11) is 0. The van der Waals surface area contributed by atoms with Gasteiger partial charge in [0.05, 0.1) is 11.3 Å². The van der Waals surface area contributed by atoms with Crippen LogP contribution in [-0.2, 0) is 18.4 Å². The normalized spacial score (nSPS) is 18.0. The Labute approximate surface area is 141 Å². The summed E-state index contributed by atoms with van der Waals surface area (Å²) in [4.78, 5) is 18.3. The van der Waals surface area contributed by atoms with E-state index in [4.69, 9.17) is 4.98 Å². The number of hydrogen-bond donors (Lipinski definition) is 0. The molecule has 1 aliphatic heterocycles. The molecule has 1 aromatic carbocycles. The Kier molecular flexibility index (Phi) is 3.60. The zero-order valence-corrected chi connectivity index (χ0v) is 14.6. The number of nitrogens with zero attached hydrogens (tertiary/aromatic N) is 2. The van der Waals surface area contributed by atoms with Gasteiger partial charge in [-0.2, -0.15) is 0 Å². The van der Waals surface area contributed by atoms with Gasteiger partial charge in [0.2, 0.25) is 0 Å². The van der Waals surface area contributed by atoms with Gasteiger partial charge in [0.1, 0.15) is 0 Å². The molecule has 1 aromatic heterocycles. The molecule has 0 unspecified atom stereocenters. The van der Waals surface area contributed by atoms with Gasteiger partial charge in [0.25, 0.3) is 5.56 Å². The Morgan fingerprint density at radius 3 is 2.83 bits per heavy atom. The van der Waals surface area contributed by atoms with Crippen molar-refractivity contribution in [2.75, 3.05) is 5.75 Å². The lowest BCUT2D eigenvalue weighted by Gasteiger charge is -2.38. The summed E-state index contributed by atoms with van der Waals surface area (Å²) in [6.07, 6.45) is 3.97. The van der Waals surface area contributed by atoms with Crippen LogP contribution in [0.15, 0.2) is 34.2 Å². The lowest BCUT2D eigenvalue weighted by atomic mass is 9.66. The van der Waals surface area contributed by atoms with E-state index < -0.39 is 0 Å². The highest BCUT2D eigenvalue weighted by atomic mass is 32.2. The fourth-order valence-corrected chi connectivity index (χ4v) is 5.06. The van der Waals surface area contributed by atoms with Gasteiger partial charge in [-0.3, -0.25) is 9.36 Å². The molecule has 0 fully saturated rings. The van der Waals surface area contributed by atoms with Gasteiger partial charge >= 0.3 is 0 Å². The Morgan fingerprint density at radius 2 is 2.04 bits per heavy atom. The first-order chi connectivity index (χ1) is 11.2. The molecule has 4 rings (SSSR count). The molecule has 0 N–H and O–H groups in total. The van der Waals surface area contributed by atoms with Crippen molar-refractivity contribution in [3.8, 4) is 11.3 Å². The third-order valence-electron chi connectivity index (χ3n) is 5.58. The molecular formula is C19H22N2OS. The highest BCUT2D eigenvalue weighted by Gasteiger charge is 2.40. The van der Waals surface area contributed by atoms with Crippen LogP contribution in [0.4, 0.5) is 0 Å².